The van der Waals surface area contributed by atoms with Gasteiger partial charge in [0.1, 0.15) is 0 Å². The molecule has 6 heteroatoms. The molecule has 1 aromatic carbocycles. The van der Waals surface area contributed by atoms with Gasteiger partial charge in [0.05, 0.1) is 12.0 Å². The number of rotatable bonds is 9. The van der Waals surface area contributed by atoms with Gasteiger partial charge in [-0.25, -0.2) is 4.98 Å². The minimum Gasteiger partial charge on any atom is -0.337 e. The summed E-state index contributed by atoms with van der Waals surface area (Å²) in [4.78, 5) is 6.60. The molecule has 0 aliphatic carbocycles. The summed E-state index contributed by atoms with van der Waals surface area (Å²) in [6.45, 7) is 12.3. The average molecular weight is 400 g/mol. The van der Waals surface area contributed by atoms with Crippen LogP contribution < -0.4 is 0 Å². The second-order valence-electron chi connectivity index (χ2n) is 7.64. The van der Waals surface area contributed by atoms with Crippen LogP contribution in [0.2, 0.25) is 5.02 Å². The highest BCUT2D eigenvalue weighted by Gasteiger charge is 2.17. The Labute approximate surface area is 173 Å². The fraction of sp³-hybridized carbons (Fsp3) is 0.455. The molecular formula is C22H30ClN5. The minimum absolute atomic E-state index is 0.366. The molecule has 0 radical (unpaired) electrons. The summed E-state index contributed by atoms with van der Waals surface area (Å²) in [7, 11) is 0. The van der Waals surface area contributed by atoms with Gasteiger partial charge in [0.25, 0.3) is 0 Å². The predicted octanol–water partition coefficient (Wildman–Crippen LogP) is 5.02. The molecule has 3 aromatic rings. The van der Waals surface area contributed by atoms with Gasteiger partial charge in [0.15, 0.2) is 0 Å². The molecule has 0 saturated carbocycles. The van der Waals surface area contributed by atoms with E-state index in [0.717, 1.165) is 43.3 Å². The van der Waals surface area contributed by atoms with Crippen molar-refractivity contribution in [2.24, 2.45) is 0 Å². The summed E-state index contributed by atoms with van der Waals surface area (Å²) in [6, 6.07) is 8.48. The highest BCUT2D eigenvalue weighted by atomic mass is 35.5. The van der Waals surface area contributed by atoms with Crippen molar-refractivity contribution in [2.75, 3.05) is 6.54 Å². The van der Waals surface area contributed by atoms with Gasteiger partial charge < -0.3 is 4.57 Å². The van der Waals surface area contributed by atoms with Gasteiger partial charge in [-0.15, -0.1) is 0 Å². The highest BCUT2D eigenvalue weighted by molar-refractivity contribution is 6.31. The van der Waals surface area contributed by atoms with E-state index in [1.807, 2.05) is 30.9 Å². The first kappa shape index (κ1) is 20.6. The number of aryl methyl sites for hydroxylation is 2. The Kier molecular flexibility index (Phi) is 6.92. The summed E-state index contributed by atoms with van der Waals surface area (Å²) >= 11 is 6.44. The van der Waals surface area contributed by atoms with Crippen molar-refractivity contribution in [2.45, 2.75) is 59.8 Å². The first-order valence-electron chi connectivity index (χ1n) is 9.91. The van der Waals surface area contributed by atoms with E-state index >= 15 is 0 Å². The Morgan fingerprint density at radius 2 is 1.93 bits per heavy atom. The van der Waals surface area contributed by atoms with Crippen molar-refractivity contribution < 1.29 is 0 Å². The summed E-state index contributed by atoms with van der Waals surface area (Å²) in [5.74, 6) is 0. The molecule has 0 unspecified atom stereocenters. The molecule has 5 nitrogen and oxygen atoms in total. The van der Waals surface area contributed by atoms with E-state index in [1.54, 1.807) is 0 Å². The lowest BCUT2D eigenvalue weighted by molar-refractivity contribution is 0.247. The van der Waals surface area contributed by atoms with Crippen molar-refractivity contribution in [1.82, 2.24) is 24.2 Å². The highest BCUT2D eigenvalue weighted by Crippen LogP contribution is 2.22. The van der Waals surface area contributed by atoms with E-state index in [2.05, 4.69) is 59.0 Å². The Hall–Kier alpha value is -2.11. The molecule has 0 atom stereocenters. The Balaban J connectivity index is 1.76. The topological polar surface area (TPSA) is 38.9 Å². The molecule has 150 valence electrons. The zero-order valence-corrected chi connectivity index (χ0v) is 18.0. The third-order valence-electron chi connectivity index (χ3n) is 5.15. The van der Waals surface area contributed by atoms with Crippen LogP contribution >= 0.6 is 11.6 Å². The number of imidazole rings is 1. The van der Waals surface area contributed by atoms with Crippen LogP contribution in [0.15, 0.2) is 43.0 Å². The fourth-order valence-electron chi connectivity index (χ4n) is 3.63. The smallest absolute Gasteiger partial charge is 0.0945 e. The number of nitrogens with zero attached hydrogens (tertiary/aromatic N) is 5. The Bertz CT molecular complexity index is 882. The number of halogens is 1. The fourth-order valence-corrected chi connectivity index (χ4v) is 3.83. The van der Waals surface area contributed by atoms with Gasteiger partial charge >= 0.3 is 0 Å². The molecule has 3 rings (SSSR count). The lowest BCUT2D eigenvalue weighted by Gasteiger charge is -2.23. The van der Waals surface area contributed by atoms with Crippen LogP contribution in [0.3, 0.4) is 0 Å². The van der Waals surface area contributed by atoms with Gasteiger partial charge in [-0.1, -0.05) is 29.8 Å². The molecule has 0 aliphatic rings. The molecular weight excluding hydrogens is 370 g/mol. The third kappa shape index (κ3) is 5.03. The zero-order chi connectivity index (χ0) is 20.1. The predicted molar refractivity (Wildman–Crippen MR) is 114 cm³/mol. The lowest BCUT2D eigenvalue weighted by Crippen LogP contribution is -2.25. The van der Waals surface area contributed by atoms with Crippen LogP contribution in [-0.4, -0.2) is 30.8 Å². The second-order valence-corrected chi connectivity index (χ2v) is 8.05. The van der Waals surface area contributed by atoms with Gasteiger partial charge in [-0.2, -0.15) is 5.10 Å². The van der Waals surface area contributed by atoms with Crippen LogP contribution in [0.5, 0.6) is 0 Å². The van der Waals surface area contributed by atoms with Crippen molar-refractivity contribution in [3.63, 3.8) is 0 Å². The van der Waals surface area contributed by atoms with E-state index in [4.69, 9.17) is 16.7 Å². The molecule has 0 saturated heterocycles. The monoisotopic (exact) mass is 399 g/mol. The second kappa shape index (κ2) is 9.39. The average Bonchev–Trinajstić information content (AvgIpc) is 3.27. The number of hydrogen-bond acceptors (Lipinski definition) is 3. The van der Waals surface area contributed by atoms with Crippen molar-refractivity contribution >= 4 is 11.6 Å². The Morgan fingerprint density at radius 1 is 1.14 bits per heavy atom. The normalized spacial score (nSPS) is 11.7. The molecule has 0 fully saturated rings. The largest absolute Gasteiger partial charge is 0.337 e. The molecule has 0 bridgehead atoms. The van der Waals surface area contributed by atoms with Gasteiger partial charge in [0.2, 0.25) is 0 Å². The maximum atomic E-state index is 6.44. The Morgan fingerprint density at radius 3 is 2.57 bits per heavy atom. The lowest BCUT2D eigenvalue weighted by atomic mass is 10.1. The van der Waals surface area contributed by atoms with E-state index in [1.165, 1.54) is 16.8 Å². The number of aromatic nitrogens is 4. The maximum absolute atomic E-state index is 6.44. The van der Waals surface area contributed by atoms with Crippen LogP contribution in [0.1, 0.15) is 48.8 Å². The molecule has 0 spiro atoms. The molecule has 28 heavy (non-hydrogen) atoms. The minimum atomic E-state index is 0.366. The molecule has 0 aliphatic heterocycles. The maximum Gasteiger partial charge on any atom is 0.0945 e. The first-order chi connectivity index (χ1) is 13.5. The summed E-state index contributed by atoms with van der Waals surface area (Å²) in [5, 5.41) is 5.59. The quantitative estimate of drug-likeness (QED) is 0.507. The first-order valence-corrected chi connectivity index (χ1v) is 10.3. The summed E-state index contributed by atoms with van der Waals surface area (Å²) in [6.07, 6.45) is 6.77. The molecule has 0 amide bonds. The van der Waals surface area contributed by atoms with Gasteiger partial charge in [-0.3, -0.25) is 9.58 Å². The summed E-state index contributed by atoms with van der Waals surface area (Å²) in [5.41, 5.74) is 4.86. The van der Waals surface area contributed by atoms with Crippen LogP contribution in [0, 0.1) is 13.8 Å². The zero-order valence-electron chi connectivity index (χ0n) is 17.3. The van der Waals surface area contributed by atoms with Crippen LogP contribution in [-0.2, 0) is 19.6 Å². The van der Waals surface area contributed by atoms with Crippen molar-refractivity contribution in [3.8, 4) is 0 Å². The van der Waals surface area contributed by atoms with Crippen molar-refractivity contribution in [1.29, 1.82) is 0 Å². The van der Waals surface area contributed by atoms with Gasteiger partial charge in [0, 0.05) is 60.9 Å². The molecule has 0 N–H and O–H groups in total. The SMILES string of the molecule is Cc1nn(C(C)C)c(C)c1CN(CCCn1ccnc1)Cc1ccccc1Cl. The van der Waals surface area contributed by atoms with E-state index in [9.17, 15) is 0 Å². The van der Waals surface area contributed by atoms with E-state index < -0.39 is 0 Å². The molecule has 2 aromatic heterocycles. The third-order valence-corrected chi connectivity index (χ3v) is 5.52. The van der Waals surface area contributed by atoms with E-state index in [0.29, 0.717) is 6.04 Å². The summed E-state index contributed by atoms with van der Waals surface area (Å²) < 4.78 is 4.25. The molecule has 2 heterocycles. The van der Waals surface area contributed by atoms with Crippen LogP contribution in [0.25, 0.3) is 0 Å². The standard InChI is InChI=1S/C22H30ClN5/c1-17(2)28-19(4)21(18(3)25-28)15-27(12-7-11-26-13-10-24-16-26)14-20-8-5-6-9-22(20)23/h5-6,8-10,13,16-17H,7,11-12,14-15H2,1-4H3. The van der Waals surface area contributed by atoms with Crippen molar-refractivity contribution in [3.05, 3.63) is 70.5 Å². The van der Waals surface area contributed by atoms with Gasteiger partial charge in [-0.05, 0) is 45.7 Å². The van der Waals surface area contributed by atoms with E-state index in [-0.39, 0.29) is 0 Å². The van der Waals surface area contributed by atoms with Crippen LogP contribution in [0.4, 0.5) is 0 Å². The number of benzene rings is 1. The number of hydrogen-bond donors (Lipinski definition) is 0.